The molecule has 190 valence electrons. The first-order chi connectivity index (χ1) is 17.0. The van der Waals surface area contributed by atoms with Crippen molar-refractivity contribution in [1.82, 2.24) is 0 Å². The maximum absolute atomic E-state index is 12.8. The van der Waals surface area contributed by atoms with Gasteiger partial charge < -0.3 is 4.90 Å². The first kappa shape index (κ1) is 33.7. The monoisotopic (exact) mass is 483 g/mol. The van der Waals surface area contributed by atoms with Crippen molar-refractivity contribution >= 4 is 17.4 Å². The van der Waals surface area contributed by atoms with Gasteiger partial charge in [-0.3, -0.25) is 9.59 Å². The van der Waals surface area contributed by atoms with E-state index in [4.69, 9.17) is 0 Å². The summed E-state index contributed by atoms with van der Waals surface area (Å²) < 4.78 is 25.2. The minimum Gasteiger partial charge on any atom is -0.308 e. The molecular weight excluding hydrogens is 444 g/mol. The van der Waals surface area contributed by atoms with Gasteiger partial charge in [-0.15, -0.1) is 12.8 Å². The standard InChI is InChI=1S/C15H16FNO.C9H9FO.2C2H6.C2H2/c1-2-3-4-5-6-14-11-15(18)17(14)13-9-7-12(16)8-10-13;1-2-9(11)7-3-5-8(10)6-4-7;3*1-2/h2-5,7-10,14H,6,11H2,1H3;3-6H,2H2,1H3;2*1-2H3;1-2H/b3-2-,5-4+;;;;. The molecule has 2 aromatic rings. The molecule has 0 aliphatic carbocycles. The number of allylic oxidation sites excluding steroid dienone is 3. The van der Waals surface area contributed by atoms with Gasteiger partial charge in [-0.2, -0.15) is 0 Å². The van der Waals surface area contributed by atoms with Crippen LogP contribution in [-0.2, 0) is 4.79 Å². The molecule has 3 nitrogen and oxygen atoms in total. The molecule has 2 aromatic carbocycles. The Hall–Kier alpha value is -3.52. The zero-order valence-corrected chi connectivity index (χ0v) is 21.8. The number of terminal acetylenes is 1. The van der Waals surface area contributed by atoms with Crippen molar-refractivity contribution in [1.29, 1.82) is 0 Å². The number of halogens is 2. The summed E-state index contributed by atoms with van der Waals surface area (Å²) in [5.41, 5.74) is 1.35. The molecule has 0 bridgehead atoms. The molecule has 1 aliphatic rings. The summed E-state index contributed by atoms with van der Waals surface area (Å²) in [6, 6.07) is 11.9. The summed E-state index contributed by atoms with van der Waals surface area (Å²) in [5, 5.41) is 0. The summed E-state index contributed by atoms with van der Waals surface area (Å²) in [7, 11) is 0. The van der Waals surface area contributed by atoms with Crippen LogP contribution in [0.15, 0.2) is 72.8 Å². The highest BCUT2D eigenvalue weighted by atomic mass is 19.1. The van der Waals surface area contributed by atoms with Gasteiger partial charge in [0.15, 0.2) is 5.78 Å². The molecule has 1 unspecified atom stereocenters. The lowest BCUT2D eigenvalue weighted by Crippen LogP contribution is -2.52. The van der Waals surface area contributed by atoms with Crippen LogP contribution in [-0.4, -0.2) is 17.7 Å². The van der Waals surface area contributed by atoms with Crippen LogP contribution in [0.2, 0.25) is 0 Å². The quantitative estimate of drug-likeness (QED) is 0.180. The molecular formula is C30H39F2NO2. The van der Waals surface area contributed by atoms with Crippen LogP contribution in [0.4, 0.5) is 14.5 Å². The topological polar surface area (TPSA) is 37.4 Å². The van der Waals surface area contributed by atoms with E-state index < -0.39 is 0 Å². The number of hydrogen-bond donors (Lipinski definition) is 0. The van der Waals surface area contributed by atoms with Crippen molar-refractivity contribution in [3.8, 4) is 12.8 Å². The third kappa shape index (κ3) is 12.5. The summed E-state index contributed by atoms with van der Waals surface area (Å²) in [6.45, 7) is 11.7. The van der Waals surface area contributed by atoms with Crippen molar-refractivity contribution in [3.63, 3.8) is 0 Å². The second-order valence-electron chi connectivity index (χ2n) is 6.57. The number of hydrogen-bond acceptors (Lipinski definition) is 2. The largest absolute Gasteiger partial charge is 0.308 e. The second-order valence-corrected chi connectivity index (χ2v) is 6.57. The molecule has 35 heavy (non-hydrogen) atoms. The maximum Gasteiger partial charge on any atom is 0.229 e. The van der Waals surface area contributed by atoms with Crippen LogP contribution in [0.25, 0.3) is 0 Å². The lowest BCUT2D eigenvalue weighted by atomic mass is 9.97. The average Bonchev–Trinajstić information content (AvgIpc) is 2.91. The molecule has 1 heterocycles. The Morgan fingerprint density at radius 3 is 1.86 bits per heavy atom. The van der Waals surface area contributed by atoms with E-state index in [2.05, 4.69) is 12.8 Å². The predicted octanol–water partition coefficient (Wildman–Crippen LogP) is 8.17. The van der Waals surface area contributed by atoms with E-state index in [1.165, 1.54) is 36.4 Å². The van der Waals surface area contributed by atoms with Gasteiger partial charge in [-0.05, 0) is 61.9 Å². The first-order valence-electron chi connectivity index (χ1n) is 11.9. The van der Waals surface area contributed by atoms with Crippen LogP contribution in [0.5, 0.6) is 0 Å². The van der Waals surface area contributed by atoms with E-state index in [-0.39, 0.29) is 29.4 Å². The zero-order valence-electron chi connectivity index (χ0n) is 21.8. The van der Waals surface area contributed by atoms with Gasteiger partial charge in [0.2, 0.25) is 5.91 Å². The third-order valence-electron chi connectivity index (χ3n) is 4.48. The number of carbonyl (C=O) groups excluding carboxylic acids is 2. The Bertz CT molecular complexity index is 914. The number of carbonyl (C=O) groups is 2. The van der Waals surface area contributed by atoms with Crippen LogP contribution in [0.3, 0.4) is 0 Å². The number of benzene rings is 2. The Kier molecular flexibility index (Phi) is 20.2. The fourth-order valence-electron chi connectivity index (χ4n) is 2.89. The highest BCUT2D eigenvalue weighted by Gasteiger charge is 2.35. The molecule has 0 spiro atoms. The SMILES string of the molecule is C#C.C/C=C\C=C\CC1CC(=O)N1c1ccc(F)cc1.CC.CC.CCC(=O)c1ccc(F)cc1. The van der Waals surface area contributed by atoms with Gasteiger partial charge in [0.05, 0.1) is 0 Å². The number of anilines is 1. The van der Waals surface area contributed by atoms with Gasteiger partial charge >= 0.3 is 0 Å². The summed E-state index contributed by atoms with van der Waals surface area (Å²) in [5.74, 6) is -0.440. The lowest BCUT2D eigenvalue weighted by molar-refractivity contribution is -0.124. The van der Waals surface area contributed by atoms with E-state index in [9.17, 15) is 18.4 Å². The Morgan fingerprint density at radius 2 is 1.43 bits per heavy atom. The van der Waals surface area contributed by atoms with E-state index in [1.54, 1.807) is 24.0 Å². The average molecular weight is 484 g/mol. The summed E-state index contributed by atoms with van der Waals surface area (Å²) in [4.78, 5) is 24.3. The minimum absolute atomic E-state index is 0.0463. The number of β-lactam (4-membered cyclic amide) rings is 1. The van der Waals surface area contributed by atoms with Gasteiger partial charge in [0.25, 0.3) is 0 Å². The van der Waals surface area contributed by atoms with Gasteiger partial charge in [0.1, 0.15) is 11.6 Å². The maximum atomic E-state index is 12.8. The molecule has 3 rings (SSSR count). The van der Waals surface area contributed by atoms with Crippen LogP contribution in [0, 0.1) is 24.5 Å². The normalized spacial score (nSPS) is 13.6. The number of ketones is 1. The fourth-order valence-corrected chi connectivity index (χ4v) is 2.89. The van der Waals surface area contributed by atoms with E-state index in [0.717, 1.165) is 12.1 Å². The molecule has 0 N–H and O–H groups in total. The molecule has 0 aromatic heterocycles. The van der Waals surface area contributed by atoms with Crippen LogP contribution in [0.1, 0.15) is 71.2 Å². The number of Topliss-reactive ketones (excluding diaryl/α,β-unsaturated/α-hetero) is 1. The van der Waals surface area contributed by atoms with E-state index in [0.29, 0.717) is 18.4 Å². The molecule has 5 heteroatoms. The molecule has 0 radical (unpaired) electrons. The molecule has 1 aliphatic heterocycles. The molecule has 1 atom stereocenters. The highest BCUT2D eigenvalue weighted by Crippen LogP contribution is 2.29. The van der Waals surface area contributed by atoms with Gasteiger partial charge in [-0.25, -0.2) is 8.78 Å². The van der Waals surface area contributed by atoms with E-state index in [1.807, 2.05) is 58.9 Å². The third-order valence-corrected chi connectivity index (χ3v) is 4.48. The molecule has 1 saturated heterocycles. The minimum atomic E-state index is -0.308. The lowest BCUT2D eigenvalue weighted by Gasteiger charge is -2.40. The van der Waals surface area contributed by atoms with Crippen molar-refractivity contribution in [2.24, 2.45) is 0 Å². The Labute approximate surface area is 210 Å². The summed E-state index contributed by atoms with van der Waals surface area (Å²) >= 11 is 0. The Morgan fingerprint density at radius 1 is 0.943 bits per heavy atom. The van der Waals surface area contributed by atoms with Gasteiger partial charge in [0, 0.05) is 30.1 Å². The van der Waals surface area contributed by atoms with Crippen molar-refractivity contribution < 1.29 is 18.4 Å². The predicted molar refractivity (Wildman–Crippen MR) is 144 cm³/mol. The number of amides is 1. The van der Waals surface area contributed by atoms with Crippen molar-refractivity contribution in [3.05, 3.63) is 90.0 Å². The van der Waals surface area contributed by atoms with Crippen LogP contribution < -0.4 is 4.90 Å². The summed E-state index contributed by atoms with van der Waals surface area (Å²) in [6.07, 6.45) is 17.8. The molecule has 0 saturated carbocycles. The first-order valence-corrected chi connectivity index (χ1v) is 11.9. The van der Waals surface area contributed by atoms with E-state index >= 15 is 0 Å². The second kappa shape index (κ2) is 21.0. The number of nitrogens with zero attached hydrogens (tertiary/aromatic N) is 1. The fraction of sp³-hybridized carbons (Fsp3) is 0.333. The zero-order chi connectivity index (χ0) is 27.2. The van der Waals surface area contributed by atoms with Crippen molar-refractivity contribution in [2.75, 3.05) is 4.90 Å². The number of rotatable bonds is 6. The molecule has 1 amide bonds. The Balaban J connectivity index is 0. The van der Waals surface area contributed by atoms with Crippen LogP contribution >= 0.6 is 0 Å². The highest BCUT2D eigenvalue weighted by molar-refractivity contribution is 6.00. The smallest absolute Gasteiger partial charge is 0.229 e. The molecule has 1 fully saturated rings. The van der Waals surface area contributed by atoms with Gasteiger partial charge in [-0.1, -0.05) is 58.9 Å². The van der Waals surface area contributed by atoms with Crippen molar-refractivity contribution in [2.45, 2.75) is 66.8 Å².